The van der Waals surface area contributed by atoms with E-state index >= 15 is 0 Å². The van der Waals surface area contributed by atoms with Crippen molar-refractivity contribution in [2.24, 2.45) is 0 Å². The Bertz CT molecular complexity index is 3870. The van der Waals surface area contributed by atoms with Gasteiger partial charge in [0.25, 0.3) is 0 Å². The van der Waals surface area contributed by atoms with Crippen molar-refractivity contribution >= 4 is 87.3 Å². The van der Waals surface area contributed by atoms with Crippen LogP contribution in [0.5, 0.6) is 0 Å². The molecule has 0 saturated heterocycles. The Kier molecular flexibility index (Phi) is 12.1. The number of nitrogens with zero attached hydrogens (tertiary/aromatic N) is 3. The zero-order valence-electron chi connectivity index (χ0n) is 45.4. The Morgan fingerprint density at radius 1 is 0.300 bits per heavy atom. The Balaban J connectivity index is 0.734. The monoisotopic (exact) mass is 1050 g/mol. The number of hydrogen-bond donors (Lipinski definition) is 0. The largest absolute Gasteiger partial charge is 0.310 e. The Hall–Kier alpha value is -9.35. The Labute approximate surface area is 475 Å². The molecule has 11 aromatic carbocycles. The fourth-order valence-electron chi connectivity index (χ4n) is 12.5. The summed E-state index contributed by atoms with van der Waals surface area (Å²) in [5.41, 5.74) is 25.3. The molecule has 80 heavy (non-hydrogen) atoms. The molecule has 0 amide bonds. The topological polar surface area (TPSA) is 9.72 Å². The summed E-state index contributed by atoms with van der Waals surface area (Å²) >= 11 is 1.85. The standard InChI is InChI=1S/C76H59N3S/c1-75(2)67-46-52(34-40-63(67)65-42-38-61(50-69(65)75)77(56-20-10-5-11-21-56)57-22-12-6-13-23-57)30-32-54-36-44-73-71(48-54)79(60-28-18-9-19-29-60)72-49-55(37-45-74(72)80-73)33-31-53-35-41-64-66-43-39-62(51-70(66)76(3,4)68(64)47-53)78(58-24-14-7-15-25-58)59-26-16-8-17-27-59/h5-51H,1-4H3. The van der Waals surface area contributed by atoms with Gasteiger partial charge in [0, 0.05) is 60.4 Å². The van der Waals surface area contributed by atoms with Gasteiger partial charge >= 0.3 is 0 Å². The van der Waals surface area contributed by atoms with E-state index in [1.54, 1.807) is 0 Å². The summed E-state index contributed by atoms with van der Waals surface area (Å²) in [5.74, 6) is 0. The zero-order valence-corrected chi connectivity index (χ0v) is 46.2. The highest BCUT2D eigenvalue weighted by atomic mass is 32.2. The van der Waals surface area contributed by atoms with Gasteiger partial charge in [0.1, 0.15) is 0 Å². The van der Waals surface area contributed by atoms with E-state index in [1.807, 2.05) is 11.8 Å². The van der Waals surface area contributed by atoms with E-state index in [2.05, 4.69) is 328 Å². The minimum Gasteiger partial charge on any atom is -0.310 e. The van der Waals surface area contributed by atoms with Crippen molar-refractivity contribution in [3.63, 3.8) is 0 Å². The van der Waals surface area contributed by atoms with Crippen molar-refractivity contribution in [2.75, 3.05) is 14.7 Å². The van der Waals surface area contributed by atoms with Crippen LogP contribution in [-0.4, -0.2) is 0 Å². The van der Waals surface area contributed by atoms with Gasteiger partial charge in [-0.2, -0.15) is 0 Å². The SMILES string of the molecule is CC1(C)c2cc(C=Cc3ccc4c(c3)N(c3ccccc3)c3cc(C=Cc5ccc6c(c5)C(C)(C)c5cc(N(c7ccccc7)c7ccccc7)ccc5-6)ccc3S4)ccc2-c2ccc(N(c3ccccc3)c3ccccc3)cc21. The van der Waals surface area contributed by atoms with Gasteiger partial charge in [-0.1, -0.05) is 215 Å². The van der Waals surface area contributed by atoms with Gasteiger partial charge in [-0.3, -0.25) is 0 Å². The van der Waals surface area contributed by atoms with E-state index in [4.69, 9.17) is 0 Å². The molecule has 1 heterocycles. The average Bonchev–Trinajstić information content (AvgIpc) is 3.93. The van der Waals surface area contributed by atoms with Crippen molar-refractivity contribution in [1.82, 2.24) is 0 Å². The first-order chi connectivity index (χ1) is 39.2. The van der Waals surface area contributed by atoms with E-state index in [1.165, 1.54) is 76.8 Å². The molecule has 3 nitrogen and oxygen atoms in total. The summed E-state index contributed by atoms with van der Waals surface area (Å²) < 4.78 is 0. The number of benzene rings is 11. The molecule has 0 radical (unpaired) electrons. The molecule has 0 N–H and O–H groups in total. The van der Waals surface area contributed by atoms with E-state index < -0.39 is 0 Å². The number of fused-ring (bicyclic) bond motifs is 8. The van der Waals surface area contributed by atoms with Crippen LogP contribution in [0.15, 0.2) is 271 Å². The van der Waals surface area contributed by atoms with Crippen LogP contribution in [0.3, 0.4) is 0 Å². The van der Waals surface area contributed by atoms with Gasteiger partial charge in [0.15, 0.2) is 0 Å². The van der Waals surface area contributed by atoms with E-state index in [-0.39, 0.29) is 10.8 Å². The molecule has 384 valence electrons. The summed E-state index contributed by atoms with van der Waals surface area (Å²) in [6, 6.07) is 95.3. The van der Waals surface area contributed by atoms with Gasteiger partial charge in [0.05, 0.1) is 11.4 Å². The lowest BCUT2D eigenvalue weighted by Crippen LogP contribution is -2.16. The first kappa shape index (κ1) is 49.0. The molecule has 0 unspecified atom stereocenters. The third-order valence-electron chi connectivity index (χ3n) is 16.6. The highest BCUT2D eigenvalue weighted by molar-refractivity contribution is 7.99. The molecule has 0 fully saturated rings. The summed E-state index contributed by atoms with van der Waals surface area (Å²) in [6.45, 7) is 9.49. The number of hydrogen-bond acceptors (Lipinski definition) is 4. The molecule has 3 aliphatic rings. The summed E-state index contributed by atoms with van der Waals surface area (Å²) in [7, 11) is 0. The van der Waals surface area contributed by atoms with Crippen LogP contribution in [0.25, 0.3) is 46.6 Å². The molecule has 4 heteroatoms. The van der Waals surface area contributed by atoms with Crippen molar-refractivity contribution in [3.8, 4) is 22.3 Å². The third-order valence-corrected chi connectivity index (χ3v) is 17.7. The van der Waals surface area contributed by atoms with Gasteiger partial charge in [0.2, 0.25) is 0 Å². The quantitative estimate of drug-likeness (QED) is 0.119. The van der Waals surface area contributed by atoms with Crippen LogP contribution < -0.4 is 14.7 Å². The van der Waals surface area contributed by atoms with Crippen LogP contribution >= 0.6 is 11.8 Å². The second kappa shape index (κ2) is 19.8. The predicted octanol–water partition coefficient (Wildman–Crippen LogP) is 21.5. The first-order valence-electron chi connectivity index (χ1n) is 27.7. The van der Waals surface area contributed by atoms with Crippen LogP contribution in [0, 0.1) is 0 Å². The fraction of sp³-hybridized carbons (Fsp3) is 0.0789. The average molecular weight is 1050 g/mol. The van der Waals surface area contributed by atoms with Gasteiger partial charge in [-0.15, -0.1) is 0 Å². The second-order valence-corrected chi connectivity index (χ2v) is 23.3. The zero-order chi connectivity index (χ0) is 54.0. The Morgan fingerprint density at radius 2 is 0.600 bits per heavy atom. The molecule has 11 aromatic rings. The molecule has 0 aromatic heterocycles. The molecule has 14 rings (SSSR count). The molecule has 1 aliphatic heterocycles. The molecule has 0 spiro atoms. The minimum absolute atomic E-state index is 0.185. The Morgan fingerprint density at radius 3 is 0.963 bits per heavy atom. The van der Waals surface area contributed by atoms with Crippen LogP contribution in [0.2, 0.25) is 0 Å². The molecule has 2 aliphatic carbocycles. The summed E-state index contributed by atoms with van der Waals surface area (Å²) in [5, 5.41) is 0. The smallest absolute Gasteiger partial charge is 0.0607 e. The number of anilines is 9. The van der Waals surface area contributed by atoms with Crippen LogP contribution in [0.1, 0.15) is 72.2 Å². The van der Waals surface area contributed by atoms with Gasteiger partial charge < -0.3 is 14.7 Å². The maximum Gasteiger partial charge on any atom is 0.0607 e. The molecule has 0 bridgehead atoms. The van der Waals surface area contributed by atoms with E-state index in [9.17, 15) is 0 Å². The number of rotatable bonds is 11. The third kappa shape index (κ3) is 8.64. The maximum atomic E-state index is 2.44. The number of para-hydroxylation sites is 5. The predicted molar refractivity (Wildman–Crippen MR) is 340 cm³/mol. The highest BCUT2D eigenvalue weighted by Crippen LogP contribution is 2.55. The van der Waals surface area contributed by atoms with Crippen molar-refractivity contribution in [3.05, 3.63) is 305 Å². The molecule has 0 saturated carbocycles. The fourth-order valence-corrected chi connectivity index (χ4v) is 13.5. The van der Waals surface area contributed by atoms with E-state index in [0.29, 0.717) is 0 Å². The normalized spacial score (nSPS) is 14.0. The summed E-state index contributed by atoms with van der Waals surface area (Å²) in [6.07, 6.45) is 9.10. The lowest BCUT2D eigenvalue weighted by Gasteiger charge is -2.33. The first-order valence-corrected chi connectivity index (χ1v) is 28.5. The van der Waals surface area contributed by atoms with Crippen molar-refractivity contribution < 1.29 is 0 Å². The minimum atomic E-state index is -0.185. The highest BCUT2D eigenvalue weighted by Gasteiger charge is 2.38. The van der Waals surface area contributed by atoms with Crippen LogP contribution in [0.4, 0.5) is 51.2 Å². The van der Waals surface area contributed by atoms with Crippen molar-refractivity contribution in [1.29, 1.82) is 0 Å². The van der Waals surface area contributed by atoms with Gasteiger partial charge in [-0.25, -0.2) is 0 Å². The second-order valence-electron chi connectivity index (χ2n) is 22.2. The van der Waals surface area contributed by atoms with E-state index in [0.717, 1.165) is 50.9 Å². The maximum absolute atomic E-state index is 2.44. The van der Waals surface area contributed by atoms with Crippen LogP contribution in [-0.2, 0) is 10.8 Å². The molecular weight excluding hydrogens is 987 g/mol. The lowest BCUT2D eigenvalue weighted by atomic mass is 9.81. The lowest BCUT2D eigenvalue weighted by molar-refractivity contribution is 0.660. The molecular formula is C76H59N3S. The molecule has 0 atom stereocenters. The van der Waals surface area contributed by atoms with Crippen molar-refractivity contribution in [2.45, 2.75) is 48.3 Å². The van der Waals surface area contributed by atoms with Gasteiger partial charge in [-0.05, 0) is 176 Å². The summed E-state index contributed by atoms with van der Waals surface area (Å²) in [4.78, 5) is 9.62.